The van der Waals surface area contributed by atoms with Gasteiger partial charge in [-0.05, 0) is 72.2 Å². The maximum absolute atomic E-state index is 13.2. The number of hydrogen-bond acceptors (Lipinski definition) is 5. The molecular weight excluding hydrogens is 565 g/mol. The molecule has 1 amide bonds. The summed E-state index contributed by atoms with van der Waals surface area (Å²) in [5.41, 5.74) is 5.72. The Bertz CT molecular complexity index is 1650. The molecule has 3 aromatic carbocycles. The van der Waals surface area contributed by atoms with E-state index in [-0.39, 0.29) is 18.8 Å². The molecule has 4 aromatic rings. The molecule has 1 N–H and O–H groups in total. The number of fused-ring (bicyclic) bond motifs is 3. The molecule has 1 aliphatic carbocycles. The molecule has 2 aliphatic rings. The lowest BCUT2D eigenvalue weighted by Gasteiger charge is -2.29. The van der Waals surface area contributed by atoms with Gasteiger partial charge in [-0.2, -0.15) is 5.10 Å². The number of aromatic carboxylic acids is 1. The Morgan fingerprint density at radius 2 is 1.90 bits per heavy atom. The third-order valence-corrected chi connectivity index (χ3v) is 8.43. The number of amides is 1. The first-order chi connectivity index (χ1) is 19.8. The van der Waals surface area contributed by atoms with E-state index < -0.39 is 12.1 Å². The first-order valence-electron chi connectivity index (χ1n) is 13.3. The molecule has 0 saturated heterocycles. The van der Waals surface area contributed by atoms with Gasteiger partial charge >= 0.3 is 12.1 Å². The summed E-state index contributed by atoms with van der Waals surface area (Å²) < 4.78 is 13.2. The van der Waals surface area contributed by atoms with E-state index in [1.807, 2.05) is 37.4 Å². The van der Waals surface area contributed by atoms with Crippen molar-refractivity contribution in [3.8, 4) is 16.9 Å². The Morgan fingerprint density at radius 1 is 1.07 bits per heavy atom. The van der Waals surface area contributed by atoms with Gasteiger partial charge in [0.05, 0.1) is 24.0 Å². The zero-order chi connectivity index (χ0) is 28.7. The lowest BCUT2D eigenvalue weighted by molar-refractivity contribution is 0.0696. The number of anilines is 1. The zero-order valence-corrected chi connectivity index (χ0v) is 23.7. The number of nitrogens with zero attached hydrogens (tertiary/aromatic N) is 3. The second-order valence-corrected chi connectivity index (χ2v) is 11.1. The van der Waals surface area contributed by atoms with Crippen LogP contribution in [0.15, 0.2) is 67.0 Å². The van der Waals surface area contributed by atoms with Gasteiger partial charge in [-0.15, -0.1) is 0 Å². The summed E-state index contributed by atoms with van der Waals surface area (Å²) in [5.74, 6) is 0.428. The molecule has 2 atom stereocenters. The quantitative estimate of drug-likeness (QED) is 0.221. The summed E-state index contributed by atoms with van der Waals surface area (Å²) in [4.78, 5) is 26.1. The SMILES string of the molecule is Cc1c(Cl)cccc1OCCOC(=O)N1CC2CC2c2c(-c3cnn(Cc4ccc(C(=O)O)cc4Cl)c3)cccc21. The molecule has 210 valence electrons. The van der Waals surface area contributed by atoms with Crippen LogP contribution in [0.2, 0.25) is 10.0 Å². The fraction of sp³-hybridized carbons (Fsp3) is 0.258. The Morgan fingerprint density at radius 3 is 2.71 bits per heavy atom. The van der Waals surface area contributed by atoms with Crippen molar-refractivity contribution in [3.63, 3.8) is 0 Å². The normalized spacial score (nSPS) is 17.0. The Hall–Kier alpha value is -4.01. The van der Waals surface area contributed by atoms with Gasteiger partial charge in [-0.3, -0.25) is 9.58 Å². The highest BCUT2D eigenvalue weighted by Crippen LogP contribution is 2.57. The van der Waals surface area contributed by atoms with Crippen LogP contribution in [-0.2, 0) is 11.3 Å². The molecule has 1 aliphatic heterocycles. The third kappa shape index (κ3) is 5.49. The van der Waals surface area contributed by atoms with E-state index in [2.05, 4.69) is 11.2 Å². The van der Waals surface area contributed by atoms with Crippen molar-refractivity contribution in [2.45, 2.75) is 25.8 Å². The number of carbonyl (C=O) groups excluding carboxylic acids is 1. The molecule has 6 rings (SSSR count). The van der Waals surface area contributed by atoms with Crippen LogP contribution in [0, 0.1) is 12.8 Å². The van der Waals surface area contributed by atoms with Crippen LogP contribution in [0.4, 0.5) is 10.5 Å². The van der Waals surface area contributed by atoms with Gasteiger partial charge in [0.2, 0.25) is 0 Å². The average Bonchev–Trinajstić information content (AvgIpc) is 3.61. The van der Waals surface area contributed by atoms with Crippen LogP contribution in [0.5, 0.6) is 5.75 Å². The predicted molar refractivity (Wildman–Crippen MR) is 156 cm³/mol. The van der Waals surface area contributed by atoms with Crippen LogP contribution in [0.25, 0.3) is 11.1 Å². The number of aromatic nitrogens is 2. The van der Waals surface area contributed by atoms with Gasteiger partial charge in [0, 0.05) is 33.9 Å². The third-order valence-electron chi connectivity index (χ3n) is 7.67. The second kappa shape index (κ2) is 11.1. The monoisotopic (exact) mass is 591 g/mol. The van der Waals surface area contributed by atoms with Crippen molar-refractivity contribution >= 4 is 41.0 Å². The molecule has 2 heterocycles. The number of carboxylic acids is 1. The summed E-state index contributed by atoms with van der Waals surface area (Å²) in [6.45, 7) is 3.25. The number of carboxylic acid groups (broad SMARTS) is 1. The van der Waals surface area contributed by atoms with Crippen molar-refractivity contribution in [2.75, 3.05) is 24.7 Å². The van der Waals surface area contributed by atoms with Crippen molar-refractivity contribution in [1.29, 1.82) is 0 Å². The highest BCUT2D eigenvalue weighted by Gasteiger charge is 2.48. The van der Waals surface area contributed by atoms with Gasteiger partial charge in [0.15, 0.2) is 0 Å². The van der Waals surface area contributed by atoms with E-state index in [1.165, 1.54) is 12.1 Å². The second-order valence-electron chi connectivity index (χ2n) is 10.3. The van der Waals surface area contributed by atoms with Crippen LogP contribution in [0.1, 0.15) is 39.4 Å². The molecular formula is C31H27Cl2N3O5. The molecule has 2 unspecified atom stereocenters. The van der Waals surface area contributed by atoms with E-state index in [1.54, 1.807) is 27.9 Å². The first kappa shape index (κ1) is 27.2. The van der Waals surface area contributed by atoms with E-state index in [0.29, 0.717) is 40.7 Å². The molecule has 0 radical (unpaired) electrons. The highest BCUT2D eigenvalue weighted by molar-refractivity contribution is 6.32. The lowest BCUT2D eigenvalue weighted by atomic mass is 9.93. The summed E-state index contributed by atoms with van der Waals surface area (Å²) in [5, 5.41) is 14.7. The Balaban J connectivity index is 1.16. The topological polar surface area (TPSA) is 93.9 Å². The van der Waals surface area contributed by atoms with Crippen molar-refractivity contribution in [1.82, 2.24) is 9.78 Å². The van der Waals surface area contributed by atoms with Crippen LogP contribution in [-0.4, -0.2) is 46.7 Å². The Labute approximate surface area is 247 Å². The summed E-state index contributed by atoms with van der Waals surface area (Å²) in [7, 11) is 0. The number of carbonyl (C=O) groups is 2. The standard InChI is InChI=1S/C31H27Cl2N3O5/c1-18-25(32)5-3-7-28(18)40-10-11-41-31(39)36-17-21-12-24(21)29-23(4-2-6-27(29)36)22-14-34-35(16-22)15-20-9-8-19(30(37)38)13-26(20)33/h2-9,13-14,16,21,24H,10-12,15,17H2,1H3,(H,37,38). The number of halogens is 2. The minimum absolute atomic E-state index is 0.118. The summed E-state index contributed by atoms with van der Waals surface area (Å²) in [6, 6.07) is 16.1. The van der Waals surface area contributed by atoms with Crippen LogP contribution >= 0.6 is 23.2 Å². The van der Waals surface area contributed by atoms with Crippen molar-refractivity contribution in [3.05, 3.63) is 99.3 Å². The molecule has 1 saturated carbocycles. The molecule has 0 spiro atoms. The smallest absolute Gasteiger partial charge is 0.414 e. The lowest BCUT2D eigenvalue weighted by Crippen LogP contribution is -2.37. The number of ether oxygens (including phenoxy) is 2. The fourth-order valence-corrected chi connectivity index (χ4v) is 5.82. The molecule has 1 fully saturated rings. The van der Waals surface area contributed by atoms with Gasteiger partial charge in [0.25, 0.3) is 0 Å². The van der Waals surface area contributed by atoms with E-state index in [4.69, 9.17) is 32.7 Å². The summed E-state index contributed by atoms with van der Waals surface area (Å²) >= 11 is 12.5. The molecule has 10 heteroatoms. The van der Waals surface area contributed by atoms with E-state index >= 15 is 0 Å². The predicted octanol–water partition coefficient (Wildman–Crippen LogP) is 7.05. The van der Waals surface area contributed by atoms with E-state index in [0.717, 1.165) is 39.9 Å². The van der Waals surface area contributed by atoms with Gasteiger partial charge in [-0.25, -0.2) is 9.59 Å². The largest absolute Gasteiger partial charge is 0.490 e. The molecule has 41 heavy (non-hydrogen) atoms. The zero-order valence-electron chi connectivity index (χ0n) is 22.2. The number of rotatable bonds is 8. The van der Waals surface area contributed by atoms with Gasteiger partial charge in [0.1, 0.15) is 19.0 Å². The Kier molecular flexibility index (Phi) is 7.36. The number of hydrogen-bond donors (Lipinski definition) is 1. The van der Waals surface area contributed by atoms with E-state index in [9.17, 15) is 14.7 Å². The highest BCUT2D eigenvalue weighted by atomic mass is 35.5. The first-order valence-corrected chi connectivity index (χ1v) is 14.1. The van der Waals surface area contributed by atoms with Gasteiger partial charge < -0.3 is 14.6 Å². The van der Waals surface area contributed by atoms with Crippen molar-refractivity contribution in [2.24, 2.45) is 5.92 Å². The van der Waals surface area contributed by atoms with Gasteiger partial charge in [-0.1, -0.05) is 47.5 Å². The molecule has 0 bridgehead atoms. The minimum Gasteiger partial charge on any atom is -0.490 e. The molecule has 1 aromatic heterocycles. The van der Waals surface area contributed by atoms with Crippen LogP contribution < -0.4 is 9.64 Å². The maximum Gasteiger partial charge on any atom is 0.414 e. The maximum atomic E-state index is 13.2. The van der Waals surface area contributed by atoms with Crippen molar-refractivity contribution < 1.29 is 24.2 Å². The molecule has 8 nitrogen and oxygen atoms in total. The number of benzene rings is 3. The average molecular weight is 592 g/mol. The van der Waals surface area contributed by atoms with Crippen LogP contribution in [0.3, 0.4) is 0 Å². The summed E-state index contributed by atoms with van der Waals surface area (Å²) in [6.07, 6.45) is 4.38. The minimum atomic E-state index is -1.02. The fourth-order valence-electron chi connectivity index (χ4n) is 5.41.